The second-order valence-corrected chi connectivity index (χ2v) is 6.44. The molecule has 5 heteroatoms. The maximum absolute atomic E-state index is 12.6. The molecule has 124 valence electrons. The van der Waals surface area contributed by atoms with Crippen molar-refractivity contribution in [3.05, 3.63) is 30.3 Å². The first-order chi connectivity index (χ1) is 11.2. The highest BCUT2D eigenvalue weighted by Gasteiger charge is 2.33. The van der Waals surface area contributed by atoms with E-state index in [-0.39, 0.29) is 18.0 Å². The van der Waals surface area contributed by atoms with Crippen molar-refractivity contribution in [3.63, 3.8) is 0 Å². The average molecular weight is 315 g/mol. The van der Waals surface area contributed by atoms with Crippen LogP contribution in [0.25, 0.3) is 0 Å². The maximum Gasteiger partial charge on any atom is 0.317 e. The highest BCUT2D eigenvalue weighted by atomic mass is 16.2. The Bertz CT molecular complexity index is 561. The van der Waals surface area contributed by atoms with Gasteiger partial charge in [0.25, 0.3) is 0 Å². The summed E-state index contributed by atoms with van der Waals surface area (Å²) in [6, 6.07) is 9.87. The van der Waals surface area contributed by atoms with Crippen LogP contribution in [0.3, 0.4) is 0 Å². The monoisotopic (exact) mass is 315 g/mol. The van der Waals surface area contributed by atoms with Crippen LogP contribution in [-0.4, -0.2) is 42.0 Å². The van der Waals surface area contributed by atoms with Gasteiger partial charge in [-0.3, -0.25) is 4.79 Å². The third-order valence-electron chi connectivity index (χ3n) is 4.88. The van der Waals surface area contributed by atoms with Crippen molar-refractivity contribution in [1.29, 1.82) is 0 Å². The van der Waals surface area contributed by atoms with Gasteiger partial charge < -0.3 is 15.1 Å². The molecule has 2 aliphatic heterocycles. The van der Waals surface area contributed by atoms with Gasteiger partial charge in [0.2, 0.25) is 5.91 Å². The summed E-state index contributed by atoms with van der Waals surface area (Å²) < 4.78 is 0. The quantitative estimate of drug-likeness (QED) is 0.932. The second kappa shape index (κ2) is 7.02. The number of likely N-dealkylation sites (tertiary alicyclic amines) is 1. The van der Waals surface area contributed by atoms with Crippen LogP contribution < -0.4 is 10.2 Å². The van der Waals surface area contributed by atoms with Crippen LogP contribution in [0.4, 0.5) is 10.5 Å². The van der Waals surface area contributed by atoms with Crippen LogP contribution in [0.2, 0.25) is 0 Å². The minimum atomic E-state index is -0.102. The van der Waals surface area contributed by atoms with Crippen LogP contribution in [0.1, 0.15) is 39.0 Å². The summed E-state index contributed by atoms with van der Waals surface area (Å²) in [6.45, 7) is 3.51. The molecule has 1 N–H and O–H groups in total. The number of hydrogen-bond acceptors (Lipinski definition) is 2. The number of piperidine rings is 1. The molecule has 3 amide bonds. The molecule has 23 heavy (non-hydrogen) atoms. The first-order valence-corrected chi connectivity index (χ1v) is 8.61. The Morgan fingerprint density at radius 1 is 1.26 bits per heavy atom. The van der Waals surface area contributed by atoms with E-state index in [4.69, 9.17) is 0 Å². The molecule has 1 aromatic carbocycles. The Balaban J connectivity index is 1.60. The number of carbonyl (C=O) groups is 2. The van der Waals surface area contributed by atoms with Gasteiger partial charge in [0.1, 0.15) is 0 Å². The molecule has 0 aromatic heterocycles. The number of benzene rings is 1. The van der Waals surface area contributed by atoms with Crippen LogP contribution in [0.5, 0.6) is 0 Å². The summed E-state index contributed by atoms with van der Waals surface area (Å²) in [5.74, 6) is 0.0761. The predicted molar refractivity (Wildman–Crippen MR) is 90.4 cm³/mol. The molecule has 2 heterocycles. The minimum Gasteiger partial charge on any atom is -0.333 e. The summed E-state index contributed by atoms with van der Waals surface area (Å²) in [6.07, 6.45) is 4.73. The van der Waals surface area contributed by atoms with E-state index in [0.717, 1.165) is 31.5 Å². The molecule has 2 atom stereocenters. The Labute approximate surface area is 137 Å². The van der Waals surface area contributed by atoms with E-state index >= 15 is 0 Å². The van der Waals surface area contributed by atoms with E-state index in [1.54, 1.807) is 4.90 Å². The van der Waals surface area contributed by atoms with Gasteiger partial charge in [0.05, 0.1) is 6.04 Å². The molecule has 5 nitrogen and oxygen atoms in total. The highest BCUT2D eigenvalue weighted by Crippen LogP contribution is 2.23. The van der Waals surface area contributed by atoms with Gasteiger partial charge in [-0.15, -0.1) is 0 Å². The van der Waals surface area contributed by atoms with Crippen molar-refractivity contribution in [2.75, 3.05) is 18.0 Å². The van der Waals surface area contributed by atoms with Crippen LogP contribution >= 0.6 is 0 Å². The summed E-state index contributed by atoms with van der Waals surface area (Å²) in [5.41, 5.74) is 0.902. The molecule has 0 unspecified atom stereocenters. The van der Waals surface area contributed by atoms with Crippen molar-refractivity contribution in [3.8, 4) is 0 Å². The third-order valence-corrected chi connectivity index (χ3v) is 4.88. The number of hydrogen-bond donors (Lipinski definition) is 1. The lowest BCUT2D eigenvalue weighted by Crippen LogP contribution is -2.51. The molecule has 0 bridgehead atoms. The van der Waals surface area contributed by atoms with Crippen LogP contribution in [0.15, 0.2) is 30.3 Å². The predicted octanol–water partition coefficient (Wildman–Crippen LogP) is 2.77. The second-order valence-electron chi connectivity index (χ2n) is 6.44. The maximum atomic E-state index is 12.6. The number of anilines is 1. The zero-order valence-corrected chi connectivity index (χ0v) is 13.7. The molecule has 0 saturated carbocycles. The molecule has 1 aromatic rings. The van der Waals surface area contributed by atoms with Gasteiger partial charge in [-0.25, -0.2) is 4.79 Å². The van der Waals surface area contributed by atoms with E-state index in [9.17, 15) is 9.59 Å². The lowest BCUT2D eigenvalue weighted by Gasteiger charge is -2.35. The number of amides is 3. The van der Waals surface area contributed by atoms with Crippen molar-refractivity contribution < 1.29 is 9.59 Å². The SMILES string of the molecule is CC[C@H]1CCCCN1C(=O)N[C@@H]1CC(=O)N(c2ccccc2)C1. The normalized spacial score (nSPS) is 24.8. The van der Waals surface area contributed by atoms with Crippen molar-refractivity contribution in [1.82, 2.24) is 10.2 Å². The molecule has 0 aliphatic carbocycles. The lowest BCUT2D eigenvalue weighted by atomic mass is 10.0. The van der Waals surface area contributed by atoms with Crippen LogP contribution in [0, 0.1) is 0 Å². The van der Waals surface area contributed by atoms with Gasteiger partial charge in [0.15, 0.2) is 0 Å². The molecule has 2 saturated heterocycles. The van der Waals surface area contributed by atoms with E-state index in [1.807, 2.05) is 35.2 Å². The largest absolute Gasteiger partial charge is 0.333 e. The first-order valence-electron chi connectivity index (χ1n) is 8.61. The van der Waals surface area contributed by atoms with Gasteiger partial charge >= 0.3 is 6.03 Å². The topological polar surface area (TPSA) is 52.7 Å². The Kier molecular flexibility index (Phi) is 4.84. The van der Waals surface area contributed by atoms with Gasteiger partial charge in [0, 0.05) is 31.2 Å². The fourth-order valence-electron chi connectivity index (χ4n) is 3.61. The Morgan fingerprint density at radius 2 is 2.04 bits per heavy atom. The molecule has 0 spiro atoms. The van der Waals surface area contributed by atoms with E-state index in [0.29, 0.717) is 19.0 Å². The zero-order valence-electron chi connectivity index (χ0n) is 13.7. The average Bonchev–Trinajstić information content (AvgIpc) is 2.95. The zero-order chi connectivity index (χ0) is 16.2. The van der Waals surface area contributed by atoms with Crippen molar-refractivity contribution in [2.24, 2.45) is 0 Å². The fourth-order valence-corrected chi connectivity index (χ4v) is 3.61. The highest BCUT2D eigenvalue weighted by molar-refractivity contribution is 5.96. The van der Waals surface area contributed by atoms with E-state index < -0.39 is 0 Å². The lowest BCUT2D eigenvalue weighted by molar-refractivity contribution is -0.117. The summed E-state index contributed by atoms with van der Waals surface area (Å²) >= 11 is 0. The number of nitrogens with zero attached hydrogens (tertiary/aromatic N) is 2. The number of para-hydroxylation sites is 1. The molecule has 2 aliphatic rings. The summed E-state index contributed by atoms with van der Waals surface area (Å²) in [7, 11) is 0. The van der Waals surface area contributed by atoms with Gasteiger partial charge in [-0.05, 0) is 37.8 Å². The van der Waals surface area contributed by atoms with Gasteiger partial charge in [-0.2, -0.15) is 0 Å². The van der Waals surface area contributed by atoms with E-state index in [1.165, 1.54) is 6.42 Å². The van der Waals surface area contributed by atoms with E-state index in [2.05, 4.69) is 12.2 Å². The number of nitrogens with one attached hydrogen (secondary N) is 1. The third kappa shape index (κ3) is 3.49. The molecule has 3 rings (SSSR count). The van der Waals surface area contributed by atoms with Crippen LogP contribution in [-0.2, 0) is 4.79 Å². The van der Waals surface area contributed by atoms with Crippen molar-refractivity contribution >= 4 is 17.6 Å². The smallest absolute Gasteiger partial charge is 0.317 e. The van der Waals surface area contributed by atoms with Gasteiger partial charge in [-0.1, -0.05) is 25.1 Å². The molecular formula is C18H25N3O2. The minimum absolute atomic E-state index is 0.00994. The Hall–Kier alpha value is -2.04. The van der Waals surface area contributed by atoms with Crippen molar-refractivity contribution in [2.45, 2.75) is 51.1 Å². The fraction of sp³-hybridized carbons (Fsp3) is 0.556. The molecule has 2 fully saturated rings. The molecule has 0 radical (unpaired) electrons. The summed E-state index contributed by atoms with van der Waals surface area (Å²) in [4.78, 5) is 28.5. The Morgan fingerprint density at radius 3 is 2.78 bits per heavy atom. The first kappa shape index (κ1) is 15.8. The number of rotatable bonds is 3. The standard InChI is InChI=1S/C18H25N3O2/c1-2-15-8-6-7-11-20(15)18(23)19-14-12-17(22)21(13-14)16-9-4-3-5-10-16/h3-5,9-10,14-15H,2,6-8,11-13H2,1H3,(H,19,23)/t14-,15+/m1/s1. The number of carbonyl (C=O) groups excluding carboxylic acids is 2. The molecular weight excluding hydrogens is 290 g/mol. The summed E-state index contributed by atoms with van der Waals surface area (Å²) in [5, 5.41) is 3.07. The number of urea groups is 1.